The third-order valence-electron chi connectivity index (χ3n) is 2.43. The van der Waals surface area contributed by atoms with Crippen molar-refractivity contribution in [3.8, 4) is 0 Å². The van der Waals surface area contributed by atoms with E-state index < -0.39 is 21.8 Å². The van der Waals surface area contributed by atoms with E-state index in [1.807, 2.05) is 0 Å². The first kappa shape index (κ1) is 14.6. The third kappa shape index (κ3) is 3.04. The smallest absolute Gasteiger partial charge is 0.245 e. The van der Waals surface area contributed by atoms with Crippen LogP contribution in [-0.4, -0.2) is 37.6 Å². The second-order valence-corrected chi connectivity index (χ2v) is 7.50. The molecule has 6 nitrogen and oxygen atoms in total. The molecule has 0 saturated carbocycles. The van der Waals surface area contributed by atoms with E-state index in [0.29, 0.717) is 8.95 Å². The molecule has 0 atom stereocenters. The lowest BCUT2D eigenvalue weighted by Gasteiger charge is -2.25. The fourth-order valence-electron chi connectivity index (χ4n) is 1.59. The second kappa shape index (κ2) is 5.31. The largest absolute Gasteiger partial charge is 0.294 e. The first-order chi connectivity index (χ1) is 8.80. The van der Waals surface area contributed by atoms with Crippen molar-refractivity contribution in [2.45, 2.75) is 4.90 Å². The van der Waals surface area contributed by atoms with Gasteiger partial charge >= 0.3 is 0 Å². The molecular weight excluding hydrogens is 404 g/mol. The average molecular weight is 412 g/mol. The summed E-state index contributed by atoms with van der Waals surface area (Å²) in [5.41, 5.74) is 0. The Hall–Kier alpha value is -0.770. The number of halogens is 2. The Kier molecular flexibility index (Phi) is 4.09. The van der Waals surface area contributed by atoms with E-state index >= 15 is 0 Å². The van der Waals surface area contributed by atoms with Crippen LogP contribution in [-0.2, 0) is 19.6 Å². The number of imide groups is 1. The molecule has 0 unspecified atom stereocenters. The molecule has 1 aliphatic heterocycles. The van der Waals surface area contributed by atoms with Crippen molar-refractivity contribution in [3.63, 3.8) is 0 Å². The molecular formula is C10H8Br2N2O4S. The first-order valence-corrected chi connectivity index (χ1v) is 8.11. The normalized spacial score (nSPS) is 17.4. The number of benzene rings is 1. The predicted molar refractivity (Wildman–Crippen MR) is 73.8 cm³/mol. The van der Waals surface area contributed by atoms with Crippen molar-refractivity contribution in [1.82, 2.24) is 9.62 Å². The summed E-state index contributed by atoms with van der Waals surface area (Å²) in [6.45, 7) is -0.736. The van der Waals surface area contributed by atoms with Gasteiger partial charge in [0, 0.05) is 8.95 Å². The van der Waals surface area contributed by atoms with Crippen molar-refractivity contribution in [2.24, 2.45) is 0 Å². The maximum atomic E-state index is 12.4. The molecule has 19 heavy (non-hydrogen) atoms. The summed E-state index contributed by atoms with van der Waals surface area (Å²) in [5.74, 6) is -1.27. The fraction of sp³-hybridized carbons (Fsp3) is 0.200. The van der Waals surface area contributed by atoms with E-state index in [1.165, 1.54) is 6.07 Å². The van der Waals surface area contributed by atoms with E-state index in [9.17, 15) is 18.0 Å². The van der Waals surface area contributed by atoms with Crippen LogP contribution in [0.3, 0.4) is 0 Å². The number of carbonyl (C=O) groups is 2. The van der Waals surface area contributed by atoms with Gasteiger partial charge in [0.15, 0.2) is 0 Å². The average Bonchev–Trinajstić information content (AvgIpc) is 2.31. The van der Waals surface area contributed by atoms with Crippen LogP contribution in [0.4, 0.5) is 0 Å². The minimum absolute atomic E-state index is 0.00405. The summed E-state index contributed by atoms with van der Waals surface area (Å²) in [6, 6.07) is 4.66. The zero-order chi connectivity index (χ0) is 14.2. The first-order valence-electron chi connectivity index (χ1n) is 5.08. The van der Waals surface area contributed by atoms with Gasteiger partial charge in [-0.3, -0.25) is 14.9 Å². The van der Waals surface area contributed by atoms with Gasteiger partial charge in [-0.2, -0.15) is 4.31 Å². The molecule has 1 N–H and O–H groups in total. The van der Waals surface area contributed by atoms with Gasteiger partial charge in [-0.15, -0.1) is 0 Å². The number of amides is 2. The van der Waals surface area contributed by atoms with Crippen molar-refractivity contribution in [1.29, 1.82) is 0 Å². The lowest BCUT2D eigenvalue weighted by atomic mass is 10.4. The summed E-state index contributed by atoms with van der Waals surface area (Å²) in [5, 5.41) is 2.05. The molecule has 9 heteroatoms. The fourth-order valence-corrected chi connectivity index (χ4v) is 4.41. The number of piperazine rings is 1. The summed E-state index contributed by atoms with van der Waals surface area (Å²) >= 11 is 6.34. The van der Waals surface area contributed by atoms with Crippen LogP contribution in [0.2, 0.25) is 0 Å². The van der Waals surface area contributed by atoms with Crippen LogP contribution in [0.5, 0.6) is 0 Å². The minimum atomic E-state index is -3.91. The molecule has 1 aliphatic rings. The van der Waals surface area contributed by atoms with E-state index in [1.54, 1.807) is 12.1 Å². The molecule has 0 bridgehead atoms. The zero-order valence-corrected chi connectivity index (χ0v) is 13.4. The predicted octanol–water partition coefficient (Wildman–Crippen LogP) is 0.859. The highest BCUT2D eigenvalue weighted by atomic mass is 79.9. The molecule has 1 aromatic rings. The number of rotatable bonds is 2. The highest BCUT2D eigenvalue weighted by Gasteiger charge is 2.34. The van der Waals surface area contributed by atoms with Crippen LogP contribution < -0.4 is 5.32 Å². The number of hydrogen-bond donors (Lipinski definition) is 1. The molecule has 1 heterocycles. The van der Waals surface area contributed by atoms with Gasteiger partial charge in [-0.05, 0) is 34.1 Å². The van der Waals surface area contributed by atoms with E-state index in [-0.39, 0.29) is 18.0 Å². The Morgan fingerprint density at radius 1 is 1.11 bits per heavy atom. The van der Waals surface area contributed by atoms with Gasteiger partial charge in [0.2, 0.25) is 21.8 Å². The maximum absolute atomic E-state index is 12.4. The second-order valence-electron chi connectivity index (χ2n) is 3.82. The molecule has 0 aliphatic carbocycles. The summed E-state index contributed by atoms with van der Waals surface area (Å²) in [6.07, 6.45) is 0. The van der Waals surface area contributed by atoms with Crippen LogP contribution in [0, 0.1) is 0 Å². The van der Waals surface area contributed by atoms with Crippen molar-refractivity contribution in [2.75, 3.05) is 13.1 Å². The van der Waals surface area contributed by atoms with E-state index in [0.717, 1.165) is 4.31 Å². The molecule has 2 rings (SSSR count). The van der Waals surface area contributed by atoms with Gasteiger partial charge < -0.3 is 0 Å². The Labute approximate surface area is 126 Å². The van der Waals surface area contributed by atoms with E-state index in [2.05, 4.69) is 37.2 Å². The van der Waals surface area contributed by atoms with Crippen molar-refractivity contribution < 1.29 is 18.0 Å². The van der Waals surface area contributed by atoms with Crippen LogP contribution in [0.15, 0.2) is 32.0 Å². The van der Waals surface area contributed by atoms with Crippen LogP contribution >= 0.6 is 31.9 Å². The van der Waals surface area contributed by atoms with Gasteiger partial charge in [0.25, 0.3) is 0 Å². The van der Waals surface area contributed by atoms with Crippen molar-refractivity contribution >= 4 is 53.7 Å². The molecule has 1 aromatic carbocycles. The molecule has 0 spiro atoms. The molecule has 2 amide bonds. The van der Waals surface area contributed by atoms with Crippen LogP contribution in [0.1, 0.15) is 0 Å². The van der Waals surface area contributed by atoms with Gasteiger partial charge in [0.05, 0.1) is 18.0 Å². The van der Waals surface area contributed by atoms with Crippen molar-refractivity contribution in [3.05, 3.63) is 27.1 Å². The summed E-state index contributed by atoms with van der Waals surface area (Å²) < 4.78 is 26.6. The zero-order valence-electron chi connectivity index (χ0n) is 9.39. The van der Waals surface area contributed by atoms with Gasteiger partial charge in [-0.1, -0.05) is 15.9 Å². The number of nitrogens with one attached hydrogen (secondary N) is 1. The summed E-state index contributed by atoms with van der Waals surface area (Å²) in [7, 11) is -3.91. The van der Waals surface area contributed by atoms with Gasteiger partial charge in [-0.25, -0.2) is 8.42 Å². The van der Waals surface area contributed by atoms with E-state index in [4.69, 9.17) is 0 Å². The lowest BCUT2D eigenvalue weighted by Crippen LogP contribution is -2.53. The minimum Gasteiger partial charge on any atom is -0.294 e. The SMILES string of the molecule is O=C1CN(S(=O)(=O)c2cc(Br)ccc2Br)CC(=O)N1. The molecule has 0 aromatic heterocycles. The number of hydrogen-bond acceptors (Lipinski definition) is 4. The lowest BCUT2D eigenvalue weighted by molar-refractivity contribution is -0.134. The number of sulfonamides is 1. The number of nitrogens with zero attached hydrogens (tertiary/aromatic N) is 1. The Morgan fingerprint density at radius 2 is 1.68 bits per heavy atom. The van der Waals surface area contributed by atoms with Gasteiger partial charge in [0.1, 0.15) is 0 Å². The molecule has 1 saturated heterocycles. The topological polar surface area (TPSA) is 83.6 Å². The summed E-state index contributed by atoms with van der Waals surface area (Å²) in [4.78, 5) is 22.5. The standard InChI is InChI=1S/C10H8Br2N2O4S/c11-6-1-2-7(12)8(3-6)19(17,18)14-4-9(15)13-10(16)5-14/h1-3H,4-5H2,(H,13,15,16). The third-order valence-corrected chi connectivity index (χ3v) is 5.71. The Balaban J connectivity index is 2.44. The quantitative estimate of drug-likeness (QED) is 0.731. The highest BCUT2D eigenvalue weighted by molar-refractivity contribution is 9.11. The highest BCUT2D eigenvalue weighted by Crippen LogP contribution is 2.28. The Bertz CT molecular complexity index is 643. The number of carbonyl (C=O) groups excluding carboxylic acids is 2. The van der Waals surface area contributed by atoms with Crippen LogP contribution in [0.25, 0.3) is 0 Å². The Morgan fingerprint density at radius 3 is 2.26 bits per heavy atom. The molecule has 0 radical (unpaired) electrons. The monoisotopic (exact) mass is 410 g/mol. The maximum Gasteiger partial charge on any atom is 0.245 e. The molecule has 102 valence electrons. The molecule has 1 fully saturated rings.